The number of ether oxygens (including phenoxy) is 1. The van der Waals surface area contributed by atoms with Gasteiger partial charge in [-0.15, -0.1) is 0 Å². The molecule has 0 saturated carbocycles. The average Bonchev–Trinajstić information content (AvgIpc) is 2.78. The summed E-state index contributed by atoms with van der Waals surface area (Å²) in [7, 11) is 1.59. The Labute approximate surface area is 107 Å². The van der Waals surface area contributed by atoms with Crippen LogP contribution in [0.4, 0.5) is 5.82 Å². The lowest BCUT2D eigenvalue weighted by Gasteiger charge is -2.04. The molecule has 0 aliphatic carbocycles. The quantitative estimate of drug-likeness (QED) is 0.878. The minimum absolute atomic E-state index is 0.579. The molecule has 0 bridgehead atoms. The molecule has 0 aliphatic heterocycles. The first-order valence-corrected chi connectivity index (χ1v) is 6.09. The molecular weight excluding hydrogens is 228 g/mol. The molecule has 2 heterocycles. The van der Waals surface area contributed by atoms with Crippen molar-refractivity contribution in [3.63, 3.8) is 0 Å². The monoisotopic (exact) mass is 246 g/mol. The van der Waals surface area contributed by atoms with Crippen LogP contribution in [-0.4, -0.2) is 21.9 Å². The van der Waals surface area contributed by atoms with Crippen LogP contribution in [0.5, 0.6) is 5.88 Å². The van der Waals surface area contributed by atoms with Gasteiger partial charge in [-0.1, -0.05) is 13.3 Å². The second-order valence-electron chi connectivity index (χ2n) is 4.13. The second kappa shape index (κ2) is 5.53. The number of methoxy groups -OCH3 is 1. The Bertz CT molecular complexity index is 504. The average molecular weight is 246 g/mol. The van der Waals surface area contributed by atoms with E-state index >= 15 is 0 Å². The highest BCUT2D eigenvalue weighted by Gasteiger charge is 2.07. The smallest absolute Gasteiger partial charge is 0.213 e. The molecule has 0 saturated heterocycles. The number of nitrogens with two attached hydrogens (primary N) is 1. The number of pyridine rings is 1. The van der Waals surface area contributed by atoms with Crippen LogP contribution in [0, 0.1) is 0 Å². The fraction of sp³-hybridized carbons (Fsp3) is 0.385. The molecule has 0 fully saturated rings. The summed E-state index contributed by atoms with van der Waals surface area (Å²) in [5, 5.41) is 4.48. The summed E-state index contributed by atoms with van der Waals surface area (Å²) in [4.78, 5) is 4.15. The van der Waals surface area contributed by atoms with E-state index in [4.69, 9.17) is 10.5 Å². The Balaban J connectivity index is 2.23. The van der Waals surface area contributed by atoms with Crippen molar-refractivity contribution in [2.45, 2.75) is 26.2 Å². The minimum Gasteiger partial charge on any atom is -0.481 e. The predicted molar refractivity (Wildman–Crippen MR) is 70.9 cm³/mol. The SMILES string of the molecule is CCCCc1cc(N)n(-c2ccc(OC)nc2)n1. The maximum atomic E-state index is 5.96. The highest BCUT2D eigenvalue weighted by molar-refractivity contribution is 5.42. The zero-order chi connectivity index (χ0) is 13.0. The van der Waals surface area contributed by atoms with Crippen LogP contribution in [0.2, 0.25) is 0 Å². The van der Waals surface area contributed by atoms with Gasteiger partial charge in [0.05, 0.1) is 24.7 Å². The first-order valence-electron chi connectivity index (χ1n) is 6.09. The first kappa shape index (κ1) is 12.4. The van der Waals surface area contributed by atoms with Crippen LogP contribution >= 0.6 is 0 Å². The van der Waals surface area contributed by atoms with Crippen molar-refractivity contribution < 1.29 is 4.74 Å². The molecule has 2 aromatic heterocycles. The van der Waals surface area contributed by atoms with Gasteiger partial charge >= 0.3 is 0 Å². The summed E-state index contributed by atoms with van der Waals surface area (Å²) in [5.74, 6) is 1.21. The van der Waals surface area contributed by atoms with Gasteiger partial charge in [0.25, 0.3) is 0 Å². The van der Waals surface area contributed by atoms with E-state index in [0.717, 1.165) is 30.6 Å². The molecule has 0 aliphatic rings. The molecule has 5 nitrogen and oxygen atoms in total. The molecule has 18 heavy (non-hydrogen) atoms. The van der Waals surface area contributed by atoms with Crippen LogP contribution in [0.25, 0.3) is 5.69 Å². The Morgan fingerprint density at radius 1 is 1.39 bits per heavy atom. The van der Waals surface area contributed by atoms with E-state index in [-0.39, 0.29) is 0 Å². The van der Waals surface area contributed by atoms with Gasteiger partial charge in [-0.05, 0) is 18.9 Å². The third kappa shape index (κ3) is 2.61. The lowest BCUT2D eigenvalue weighted by atomic mass is 10.2. The maximum absolute atomic E-state index is 5.96. The topological polar surface area (TPSA) is 66.0 Å². The Kier molecular flexibility index (Phi) is 3.82. The highest BCUT2D eigenvalue weighted by Crippen LogP contribution is 2.16. The summed E-state index contributed by atoms with van der Waals surface area (Å²) in [6.07, 6.45) is 4.93. The minimum atomic E-state index is 0.579. The third-order valence-electron chi connectivity index (χ3n) is 2.75. The van der Waals surface area contributed by atoms with Gasteiger partial charge in [0, 0.05) is 12.1 Å². The van der Waals surface area contributed by atoms with Crippen molar-refractivity contribution in [2.75, 3.05) is 12.8 Å². The summed E-state index contributed by atoms with van der Waals surface area (Å²) >= 11 is 0. The number of hydrogen-bond acceptors (Lipinski definition) is 4. The maximum Gasteiger partial charge on any atom is 0.213 e. The molecule has 0 unspecified atom stereocenters. The molecule has 2 N–H and O–H groups in total. The highest BCUT2D eigenvalue weighted by atomic mass is 16.5. The van der Waals surface area contributed by atoms with Crippen LogP contribution in [-0.2, 0) is 6.42 Å². The number of aryl methyl sites for hydroxylation is 1. The summed E-state index contributed by atoms with van der Waals surface area (Å²) in [6.45, 7) is 2.16. The van der Waals surface area contributed by atoms with Gasteiger partial charge in [-0.2, -0.15) is 5.10 Å². The fourth-order valence-corrected chi connectivity index (χ4v) is 1.75. The molecule has 0 aromatic carbocycles. The number of nitrogen functional groups attached to an aromatic ring is 1. The van der Waals surface area contributed by atoms with E-state index < -0.39 is 0 Å². The molecule has 96 valence electrons. The fourth-order valence-electron chi connectivity index (χ4n) is 1.75. The molecule has 0 atom stereocenters. The summed E-state index contributed by atoms with van der Waals surface area (Å²) < 4.78 is 6.73. The van der Waals surface area contributed by atoms with Crippen molar-refractivity contribution in [3.05, 3.63) is 30.1 Å². The van der Waals surface area contributed by atoms with Crippen LogP contribution in [0.1, 0.15) is 25.5 Å². The molecule has 5 heteroatoms. The summed E-state index contributed by atoms with van der Waals surface area (Å²) in [5.41, 5.74) is 7.82. The first-order chi connectivity index (χ1) is 8.74. The van der Waals surface area contributed by atoms with E-state index in [9.17, 15) is 0 Å². The van der Waals surface area contributed by atoms with Crippen molar-refractivity contribution in [2.24, 2.45) is 0 Å². The summed E-state index contributed by atoms with van der Waals surface area (Å²) in [6, 6.07) is 5.60. The van der Waals surface area contributed by atoms with E-state index in [1.807, 2.05) is 12.1 Å². The number of unbranched alkanes of at least 4 members (excludes halogenated alkanes) is 1. The van der Waals surface area contributed by atoms with Crippen molar-refractivity contribution in [1.29, 1.82) is 0 Å². The zero-order valence-corrected chi connectivity index (χ0v) is 10.8. The van der Waals surface area contributed by atoms with Crippen LogP contribution < -0.4 is 10.5 Å². The van der Waals surface area contributed by atoms with Crippen LogP contribution in [0.3, 0.4) is 0 Å². The molecule has 2 aromatic rings. The molecular formula is C13H18N4O. The lowest BCUT2D eigenvalue weighted by Crippen LogP contribution is -2.02. The van der Waals surface area contributed by atoms with Gasteiger partial charge in [-0.25, -0.2) is 9.67 Å². The molecule has 0 spiro atoms. The van der Waals surface area contributed by atoms with E-state index in [1.165, 1.54) is 0 Å². The molecule has 0 amide bonds. The third-order valence-corrected chi connectivity index (χ3v) is 2.75. The Morgan fingerprint density at radius 2 is 2.22 bits per heavy atom. The number of hydrogen-bond donors (Lipinski definition) is 1. The lowest BCUT2D eigenvalue weighted by molar-refractivity contribution is 0.397. The van der Waals surface area contributed by atoms with Gasteiger partial charge < -0.3 is 10.5 Å². The molecule has 0 radical (unpaired) electrons. The van der Waals surface area contributed by atoms with Gasteiger partial charge in [0.1, 0.15) is 5.82 Å². The van der Waals surface area contributed by atoms with Crippen molar-refractivity contribution in [3.8, 4) is 11.6 Å². The number of anilines is 1. The van der Waals surface area contributed by atoms with Crippen molar-refractivity contribution >= 4 is 5.82 Å². The Hall–Kier alpha value is -2.04. The zero-order valence-electron chi connectivity index (χ0n) is 10.8. The van der Waals surface area contributed by atoms with Crippen molar-refractivity contribution in [1.82, 2.24) is 14.8 Å². The normalized spacial score (nSPS) is 10.6. The van der Waals surface area contributed by atoms with Gasteiger partial charge in [0.2, 0.25) is 5.88 Å². The van der Waals surface area contributed by atoms with Crippen LogP contribution in [0.15, 0.2) is 24.4 Å². The number of nitrogens with zero attached hydrogens (tertiary/aromatic N) is 3. The Morgan fingerprint density at radius 3 is 2.83 bits per heavy atom. The standard InChI is InChI=1S/C13H18N4O/c1-3-4-5-10-8-12(14)17(16-10)11-6-7-13(18-2)15-9-11/h6-9H,3-5,14H2,1-2H3. The van der Waals surface area contributed by atoms with E-state index in [0.29, 0.717) is 11.7 Å². The number of rotatable bonds is 5. The van der Waals surface area contributed by atoms with E-state index in [1.54, 1.807) is 24.1 Å². The largest absolute Gasteiger partial charge is 0.481 e. The van der Waals surface area contributed by atoms with Gasteiger partial charge in [0.15, 0.2) is 0 Å². The molecule has 2 rings (SSSR count). The van der Waals surface area contributed by atoms with E-state index in [2.05, 4.69) is 17.0 Å². The van der Waals surface area contributed by atoms with Gasteiger partial charge in [-0.3, -0.25) is 0 Å². The number of aromatic nitrogens is 3. The second-order valence-corrected chi connectivity index (χ2v) is 4.13. The predicted octanol–water partition coefficient (Wildman–Crippen LogP) is 2.20.